The highest BCUT2D eigenvalue weighted by molar-refractivity contribution is 7.17. The number of hydrogen-bond acceptors (Lipinski definition) is 3. The fourth-order valence-electron chi connectivity index (χ4n) is 2.42. The van der Waals surface area contributed by atoms with Gasteiger partial charge in [0, 0.05) is 10.9 Å². The summed E-state index contributed by atoms with van der Waals surface area (Å²) in [4.78, 5) is 20.2. The van der Waals surface area contributed by atoms with Crippen molar-refractivity contribution in [2.24, 2.45) is 0 Å². The lowest BCUT2D eigenvalue weighted by Crippen LogP contribution is -2.10. The molecule has 0 aliphatic rings. The topological polar surface area (TPSA) is 45.8 Å². The summed E-state index contributed by atoms with van der Waals surface area (Å²) in [7, 11) is 0. The van der Waals surface area contributed by atoms with Gasteiger partial charge >= 0.3 is 0 Å². The summed E-state index contributed by atoms with van der Waals surface area (Å²) in [5.74, 6) is 0.656. The molecule has 0 saturated heterocycles. The number of rotatable bonds is 1. The van der Waals surface area contributed by atoms with E-state index in [0.29, 0.717) is 11.2 Å². The fraction of sp³-hybridized carbons (Fsp3) is 0.294. The van der Waals surface area contributed by atoms with E-state index in [-0.39, 0.29) is 11.0 Å². The molecular formula is C17H18N2OS. The van der Waals surface area contributed by atoms with Crippen LogP contribution >= 0.6 is 11.3 Å². The van der Waals surface area contributed by atoms with Crippen LogP contribution in [0, 0.1) is 6.92 Å². The average Bonchev–Trinajstić information content (AvgIpc) is 2.81. The lowest BCUT2D eigenvalue weighted by Gasteiger charge is -2.19. The minimum absolute atomic E-state index is 0.0614. The molecule has 0 radical (unpaired) electrons. The molecule has 0 aliphatic heterocycles. The zero-order valence-corrected chi connectivity index (χ0v) is 13.5. The fourth-order valence-corrected chi connectivity index (χ4v) is 3.41. The second-order valence-electron chi connectivity index (χ2n) is 6.31. The van der Waals surface area contributed by atoms with Crippen LogP contribution in [0.3, 0.4) is 0 Å². The van der Waals surface area contributed by atoms with Gasteiger partial charge in [-0.15, -0.1) is 11.3 Å². The van der Waals surface area contributed by atoms with E-state index in [0.717, 1.165) is 16.0 Å². The third-order valence-corrected chi connectivity index (χ3v) is 4.50. The van der Waals surface area contributed by atoms with E-state index in [9.17, 15) is 4.79 Å². The zero-order valence-electron chi connectivity index (χ0n) is 12.7. The number of nitrogens with zero attached hydrogens (tertiary/aromatic N) is 1. The maximum Gasteiger partial charge on any atom is 0.260 e. The zero-order chi connectivity index (χ0) is 15.2. The molecule has 0 bridgehead atoms. The lowest BCUT2D eigenvalue weighted by molar-refractivity contribution is 0.590. The highest BCUT2D eigenvalue weighted by Crippen LogP contribution is 2.32. The van der Waals surface area contributed by atoms with Gasteiger partial charge in [0.15, 0.2) is 0 Å². The first kappa shape index (κ1) is 14.0. The Morgan fingerprint density at radius 1 is 1.14 bits per heavy atom. The molecule has 0 unspecified atom stereocenters. The van der Waals surface area contributed by atoms with E-state index in [2.05, 4.69) is 55.0 Å². The number of aromatic nitrogens is 2. The minimum Gasteiger partial charge on any atom is -0.310 e. The Morgan fingerprint density at radius 3 is 2.43 bits per heavy atom. The summed E-state index contributed by atoms with van der Waals surface area (Å²) in [5, 5.41) is 2.70. The van der Waals surface area contributed by atoms with Crippen LogP contribution in [-0.2, 0) is 5.41 Å². The highest BCUT2D eigenvalue weighted by Gasteiger charge is 2.15. The number of aromatic amines is 1. The number of nitrogens with one attached hydrogen (secondary N) is 1. The number of aryl methyl sites for hydroxylation is 1. The van der Waals surface area contributed by atoms with Gasteiger partial charge in [0.05, 0.1) is 5.39 Å². The number of hydrogen-bond donors (Lipinski definition) is 1. The average molecular weight is 298 g/mol. The second kappa shape index (κ2) is 4.81. The van der Waals surface area contributed by atoms with Crippen molar-refractivity contribution in [2.75, 3.05) is 0 Å². The van der Waals surface area contributed by atoms with Crippen molar-refractivity contribution in [1.82, 2.24) is 9.97 Å². The molecule has 0 atom stereocenters. The van der Waals surface area contributed by atoms with Gasteiger partial charge in [-0.1, -0.05) is 45.0 Å². The maximum absolute atomic E-state index is 12.2. The van der Waals surface area contributed by atoms with Gasteiger partial charge in [0.1, 0.15) is 10.7 Å². The van der Waals surface area contributed by atoms with Crippen LogP contribution in [0.25, 0.3) is 21.3 Å². The lowest BCUT2D eigenvalue weighted by atomic mass is 9.86. The van der Waals surface area contributed by atoms with Crippen LogP contribution in [0.5, 0.6) is 0 Å². The number of thiophene rings is 1. The first-order valence-electron chi connectivity index (χ1n) is 6.95. The van der Waals surface area contributed by atoms with Crippen molar-refractivity contribution in [1.29, 1.82) is 0 Å². The molecule has 21 heavy (non-hydrogen) atoms. The summed E-state index contributed by atoms with van der Waals surface area (Å²) in [6.07, 6.45) is 0. The molecule has 2 aromatic heterocycles. The molecular weight excluding hydrogens is 280 g/mol. The van der Waals surface area contributed by atoms with E-state index in [1.807, 2.05) is 5.38 Å². The Hall–Kier alpha value is -1.94. The van der Waals surface area contributed by atoms with Crippen LogP contribution in [-0.4, -0.2) is 9.97 Å². The summed E-state index contributed by atoms with van der Waals surface area (Å²) in [5.41, 5.74) is 3.38. The van der Waals surface area contributed by atoms with E-state index in [4.69, 9.17) is 0 Å². The van der Waals surface area contributed by atoms with E-state index in [1.165, 1.54) is 16.9 Å². The minimum atomic E-state index is -0.0614. The summed E-state index contributed by atoms with van der Waals surface area (Å²) >= 11 is 1.52. The smallest absolute Gasteiger partial charge is 0.260 e. The SMILES string of the molecule is Cc1nc2scc(-c3ccc(C(C)(C)C)cc3)c2c(=O)[nH]1. The van der Waals surface area contributed by atoms with Crippen LogP contribution in [0.1, 0.15) is 32.2 Å². The molecule has 0 spiro atoms. The van der Waals surface area contributed by atoms with Crippen molar-refractivity contribution < 1.29 is 0 Å². The third kappa shape index (κ3) is 2.51. The first-order valence-corrected chi connectivity index (χ1v) is 7.83. The third-order valence-electron chi connectivity index (χ3n) is 3.62. The maximum atomic E-state index is 12.2. The molecule has 4 heteroatoms. The molecule has 1 aromatic carbocycles. The highest BCUT2D eigenvalue weighted by atomic mass is 32.1. The van der Waals surface area contributed by atoms with E-state index >= 15 is 0 Å². The Balaban J connectivity index is 2.15. The van der Waals surface area contributed by atoms with Gasteiger partial charge in [-0.3, -0.25) is 4.79 Å². The molecule has 0 amide bonds. The van der Waals surface area contributed by atoms with Crippen LogP contribution in [0.15, 0.2) is 34.4 Å². The molecule has 3 aromatic rings. The normalized spacial score (nSPS) is 12.0. The first-order chi connectivity index (χ1) is 9.86. The van der Waals surface area contributed by atoms with E-state index < -0.39 is 0 Å². The predicted octanol–water partition coefficient (Wildman–Crippen LogP) is 4.26. The number of fused-ring (bicyclic) bond motifs is 1. The Labute approximate surface area is 127 Å². The second-order valence-corrected chi connectivity index (χ2v) is 7.17. The summed E-state index contributed by atoms with van der Waals surface area (Å²) in [6.45, 7) is 8.39. The summed E-state index contributed by atoms with van der Waals surface area (Å²) < 4.78 is 0. The largest absolute Gasteiger partial charge is 0.310 e. The van der Waals surface area contributed by atoms with Crippen LogP contribution < -0.4 is 5.56 Å². The van der Waals surface area contributed by atoms with Crippen molar-refractivity contribution in [3.63, 3.8) is 0 Å². The number of H-pyrrole nitrogens is 1. The molecule has 3 nitrogen and oxygen atoms in total. The molecule has 0 saturated carbocycles. The van der Waals surface area contributed by atoms with Crippen LogP contribution in [0.4, 0.5) is 0 Å². The summed E-state index contributed by atoms with van der Waals surface area (Å²) in [6, 6.07) is 8.44. The molecule has 0 fully saturated rings. The molecule has 108 valence electrons. The predicted molar refractivity (Wildman–Crippen MR) is 89.1 cm³/mol. The van der Waals surface area contributed by atoms with Gasteiger partial charge in [0.2, 0.25) is 0 Å². The molecule has 2 heterocycles. The van der Waals surface area contributed by atoms with Gasteiger partial charge in [-0.25, -0.2) is 4.98 Å². The van der Waals surface area contributed by atoms with Crippen molar-refractivity contribution in [3.8, 4) is 11.1 Å². The monoisotopic (exact) mass is 298 g/mol. The van der Waals surface area contributed by atoms with Crippen molar-refractivity contribution in [3.05, 3.63) is 51.4 Å². The number of benzene rings is 1. The molecule has 1 N–H and O–H groups in total. The van der Waals surface area contributed by atoms with Gasteiger partial charge < -0.3 is 4.98 Å². The van der Waals surface area contributed by atoms with Crippen molar-refractivity contribution >= 4 is 21.6 Å². The van der Waals surface area contributed by atoms with Gasteiger partial charge in [0.25, 0.3) is 5.56 Å². The quantitative estimate of drug-likeness (QED) is 0.729. The Bertz CT molecular complexity index is 851. The standard InChI is InChI=1S/C17H18N2OS/c1-10-18-15(20)14-13(9-21-16(14)19-10)11-5-7-12(8-6-11)17(2,3)4/h5-9H,1-4H3,(H,18,19,20). The molecule has 0 aliphatic carbocycles. The van der Waals surface area contributed by atoms with Gasteiger partial charge in [-0.05, 0) is 23.5 Å². The Morgan fingerprint density at radius 2 is 1.81 bits per heavy atom. The van der Waals surface area contributed by atoms with Crippen molar-refractivity contribution in [2.45, 2.75) is 33.1 Å². The molecule has 3 rings (SSSR count). The van der Waals surface area contributed by atoms with Gasteiger partial charge in [-0.2, -0.15) is 0 Å². The van der Waals surface area contributed by atoms with E-state index in [1.54, 1.807) is 6.92 Å². The Kier molecular flexibility index (Phi) is 3.21. The van der Waals surface area contributed by atoms with Crippen LogP contribution in [0.2, 0.25) is 0 Å².